The highest BCUT2D eigenvalue weighted by molar-refractivity contribution is 5.82. The Morgan fingerprint density at radius 2 is 2.31 bits per heavy atom. The topological polar surface area (TPSA) is 35.5 Å². The summed E-state index contributed by atoms with van der Waals surface area (Å²) < 4.78 is 10.5. The summed E-state index contributed by atoms with van der Waals surface area (Å²) in [6.45, 7) is 4.18. The molecule has 3 heteroatoms. The van der Waals surface area contributed by atoms with Crippen LogP contribution < -0.4 is 0 Å². The van der Waals surface area contributed by atoms with E-state index in [0.717, 1.165) is 25.7 Å². The average Bonchev–Trinajstić information content (AvgIpc) is 2.29. The summed E-state index contributed by atoms with van der Waals surface area (Å²) in [7, 11) is 1.73. The second-order valence-corrected chi connectivity index (χ2v) is 4.38. The maximum absolute atomic E-state index is 11.2. The molecular formula is C13H22O3. The number of cyclic esters (lactones) is 1. The number of hydrogen-bond acceptors (Lipinski definition) is 3. The summed E-state index contributed by atoms with van der Waals surface area (Å²) in [6.07, 6.45) is 7.89. The van der Waals surface area contributed by atoms with Gasteiger partial charge in [0.05, 0.1) is 6.10 Å². The van der Waals surface area contributed by atoms with Crippen LogP contribution in [0.15, 0.2) is 12.2 Å². The van der Waals surface area contributed by atoms with E-state index in [9.17, 15) is 4.79 Å². The fourth-order valence-corrected chi connectivity index (χ4v) is 2.00. The maximum Gasteiger partial charge on any atom is 0.330 e. The van der Waals surface area contributed by atoms with Gasteiger partial charge in [-0.25, -0.2) is 4.79 Å². The molecule has 1 rings (SSSR count). The molecule has 3 atom stereocenters. The summed E-state index contributed by atoms with van der Waals surface area (Å²) in [5.74, 6) is 0.185. The molecule has 0 aromatic rings. The minimum absolute atomic E-state index is 0.0616. The molecule has 16 heavy (non-hydrogen) atoms. The van der Waals surface area contributed by atoms with Crippen molar-refractivity contribution < 1.29 is 14.3 Å². The van der Waals surface area contributed by atoms with Gasteiger partial charge in [0.25, 0.3) is 0 Å². The van der Waals surface area contributed by atoms with Crippen molar-refractivity contribution in [2.24, 2.45) is 5.92 Å². The molecule has 2 unspecified atom stereocenters. The molecule has 1 aliphatic rings. The van der Waals surface area contributed by atoms with Crippen molar-refractivity contribution in [1.29, 1.82) is 0 Å². The molecule has 0 N–H and O–H groups in total. The summed E-state index contributed by atoms with van der Waals surface area (Å²) >= 11 is 0. The summed E-state index contributed by atoms with van der Waals surface area (Å²) in [6, 6.07) is 0. The first-order chi connectivity index (χ1) is 7.67. The molecule has 0 fully saturated rings. The number of rotatable bonds is 6. The Morgan fingerprint density at radius 3 is 2.94 bits per heavy atom. The maximum atomic E-state index is 11.2. The van der Waals surface area contributed by atoms with Crippen molar-refractivity contribution in [2.75, 3.05) is 7.11 Å². The molecule has 1 heterocycles. The van der Waals surface area contributed by atoms with Crippen molar-refractivity contribution in [3.63, 3.8) is 0 Å². The van der Waals surface area contributed by atoms with E-state index in [0.29, 0.717) is 5.92 Å². The van der Waals surface area contributed by atoms with Crippen LogP contribution in [0.3, 0.4) is 0 Å². The molecule has 0 spiro atoms. The van der Waals surface area contributed by atoms with E-state index in [-0.39, 0.29) is 18.2 Å². The molecular weight excluding hydrogens is 204 g/mol. The first-order valence-corrected chi connectivity index (χ1v) is 6.09. The highest BCUT2D eigenvalue weighted by Crippen LogP contribution is 2.23. The lowest BCUT2D eigenvalue weighted by Gasteiger charge is -2.26. The van der Waals surface area contributed by atoms with Gasteiger partial charge in [-0.2, -0.15) is 0 Å². The summed E-state index contributed by atoms with van der Waals surface area (Å²) in [5, 5.41) is 0. The first-order valence-electron chi connectivity index (χ1n) is 6.09. The summed E-state index contributed by atoms with van der Waals surface area (Å²) in [4.78, 5) is 11.2. The third kappa shape index (κ3) is 3.97. The van der Waals surface area contributed by atoms with Crippen LogP contribution in [0.25, 0.3) is 0 Å². The molecule has 0 saturated carbocycles. The van der Waals surface area contributed by atoms with Gasteiger partial charge in [0.2, 0.25) is 0 Å². The van der Waals surface area contributed by atoms with Crippen LogP contribution in [0.2, 0.25) is 0 Å². The lowest BCUT2D eigenvalue weighted by atomic mass is 9.92. The molecule has 0 aromatic carbocycles. The van der Waals surface area contributed by atoms with E-state index < -0.39 is 0 Å². The fourth-order valence-electron chi connectivity index (χ4n) is 2.00. The minimum Gasteiger partial charge on any atom is -0.459 e. The van der Waals surface area contributed by atoms with E-state index in [4.69, 9.17) is 9.47 Å². The van der Waals surface area contributed by atoms with Gasteiger partial charge in [0, 0.05) is 19.1 Å². The minimum atomic E-state index is -0.200. The van der Waals surface area contributed by atoms with Crippen LogP contribution in [0, 0.1) is 5.92 Å². The Hall–Kier alpha value is -0.830. The van der Waals surface area contributed by atoms with Gasteiger partial charge in [-0.3, -0.25) is 0 Å². The molecule has 1 aliphatic heterocycles. The van der Waals surface area contributed by atoms with Crippen LogP contribution in [-0.2, 0) is 14.3 Å². The average molecular weight is 226 g/mol. The number of hydrogen-bond donors (Lipinski definition) is 0. The number of carbonyl (C=O) groups excluding carboxylic acids is 1. The van der Waals surface area contributed by atoms with E-state index in [1.165, 1.54) is 0 Å². The van der Waals surface area contributed by atoms with Gasteiger partial charge in [0.1, 0.15) is 6.10 Å². The second kappa shape index (κ2) is 6.69. The van der Waals surface area contributed by atoms with Crippen molar-refractivity contribution in [3.05, 3.63) is 12.2 Å². The first kappa shape index (κ1) is 13.2. The largest absolute Gasteiger partial charge is 0.459 e. The van der Waals surface area contributed by atoms with E-state index in [1.54, 1.807) is 13.2 Å². The van der Waals surface area contributed by atoms with Crippen molar-refractivity contribution in [2.45, 2.75) is 51.7 Å². The molecule has 0 radical (unpaired) electrons. The quantitative estimate of drug-likeness (QED) is 0.653. The highest BCUT2D eigenvalue weighted by Gasteiger charge is 2.24. The van der Waals surface area contributed by atoms with Gasteiger partial charge in [-0.05, 0) is 32.6 Å². The van der Waals surface area contributed by atoms with Crippen molar-refractivity contribution >= 4 is 5.97 Å². The Balaban J connectivity index is 2.34. The Bertz CT molecular complexity index is 248. The Kier molecular flexibility index (Phi) is 5.53. The third-order valence-corrected chi connectivity index (χ3v) is 3.20. The molecule has 0 saturated heterocycles. The Morgan fingerprint density at radius 1 is 1.56 bits per heavy atom. The van der Waals surface area contributed by atoms with E-state index >= 15 is 0 Å². The standard InChI is InChI=1S/C13H22O3/c1-4-11-8-9-13(14)16-12(11)7-5-6-10(2)15-3/h8-12H,4-7H2,1-3H3/t10?,11-,12?/m1/s1. The van der Waals surface area contributed by atoms with Crippen LogP contribution in [0.4, 0.5) is 0 Å². The van der Waals surface area contributed by atoms with Crippen molar-refractivity contribution in [3.8, 4) is 0 Å². The van der Waals surface area contributed by atoms with Crippen molar-refractivity contribution in [1.82, 2.24) is 0 Å². The SMILES string of the molecule is CC[C@@H]1C=CC(=O)OC1CCCC(C)OC. The summed E-state index contributed by atoms with van der Waals surface area (Å²) in [5.41, 5.74) is 0. The predicted octanol–water partition coefficient (Wildman–Crippen LogP) is 2.70. The second-order valence-electron chi connectivity index (χ2n) is 4.38. The molecule has 0 bridgehead atoms. The predicted molar refractivity (Wildman–Crippen MR) is 63.1 cm³/mol. The van der Waals surface area contributed by atoms with E-state index in [1.807, 2.05) is 6.08 Å². The molecule has 0 aliphatic carbocycles. The molecule has 0 aromatic heterocycles. The zero-order valence-electron chi connectivity index (χ0n) is 10.4. The number of esters is 1. The molecule has 3 nitrogen and oxygen atoms in total. The lowest BCUT2D eigenvalue weighted by Crippen LogP contribution is -2.28. The fraction of sp³-hybridized carbons (Fsp3) is 0.769. The number of methoxy groups -OCH3 is 1. The molecule has 0 amide bonds. The van der Waals surface area contributed by atoms with E-state index in [2.05, 4.69) is 13.8 Å². The van der Waals surface area contributed by atoms with Gasteiger partial charge < -0.3 is 9.47 Å². The highest BCUT2D eigenvalue weighted by atomic mass is 16.5. The van der Waals surface area contributed by atoms with Crippen LogP contribution >= 0.6 is 0 Å². The lowest BCUT2D eigenvalue weighted by molar-refractivity contribution is -0.147. The van der Waals surface area contributed by atoms with Gasteiger partial charge >= 0.3 is 5.97 Å². The van der Waals surface area contributed by atoms with Gasteiger partial charge in [-0.15, -0.1) is 0 Å². The zero-order valence-corrected chi connectivity index (χ0v) is 10.4. The third-order valence-electron chi connectivity index (χ3n) is 3.20. The number of carbonyl (C=O) groups is 1. The van der Waals surface area contributed by atoms with Gasteiger partial charge in [0.15, 0.2) is 0 Å². The molecule has 92 valence electrons. The Labute approximate surface area is 97.8 Å². The smallest absolute Gasteiger partial charge is 0.330 e. The van der Waals surface area contributed by atoms with Crippen LogP contribution in [0.1, 0.15) is 39.5 Å². The normalized spacial score (nSPS) is 26.6. The zero-order chi connectivity index (χ0) is 12.0. The van der Waals surface area contributed by atoms with Gasteiger partial charge in [-0.1, -0.05) is 13.0 Å². The monoisotopic (exact) mass is 226 g/mol. The van der Waals surface area contributed by atoms with Crippen LogP contribution in [0.5, 0.6) is 0 Å². The van der Waals surface area contributed by atoms with Crippen LogP contribution in [-0.4, -0.2) is 25.3 Å². The number of ether oxygens (including phenoxy) is 2.